The van der Waals surface area contributed by atoms with Gasteiger partial charge in [0.2, 0.25) is 0 Å². The molecule has 0 aliphatic rings. The van der Waals surface area contributed by atoms with Gasteiger partial charge in [0.25, 0.3) is 0 Å². The highest BCUT2D eigenvalue weighted by molar-refractivity contribution is 5.18. The van der Waals surface area contributed by atoms with Crippen LogP contribution >= 0.6 is 0 Å². The largest absolute Gasteiger partial charge is 0.310 e. The van der Waals surface area contributed by atoms with Crippen LogP contribution in [0.1, 0.15) is 50.5 Å². The Morgan fingerprint density at radius 1 is 1.20 bits per heavy atom. The summed E-state index contributed by atoms with van der Waals surface area (Å²) in [6, 6.07) is 7.01. The molecule has 4 heteroatoms. The second-order valence-corrected chi connectivity index (χ2v) is 5.14. The third-order valence-electron chi connectivity index (χ3n) is 3.68. The van der Waals surface area contributed by atoms with Gasteiger partial charge in [-0.25, -0.2) is 0 Å². The number of hydrogen-bond donors (Lipinski definition) is 1. The lowest BCUT2D eigenvalue weighted by Crippen LogP contribution is -2.23. The van der Waals surface area contributed by atoms with E-state index in [4.69, 9.17) is 0 Å². The lowest BCUT2D eigenvalue weighted by atomic mass is 10.0. The van der Waals surface area contributed by atoms with Gasteiger partial charge in [0.15, 0.2) is 0 Å². The molecule has 0 radical (unpaired) electrons. The fraction of sp³-hybridized carbons (Fsp3) is 0.500. The van der Waals surface area contributed by atoms with Gasteiger partial charge in [-0.1, -0.05) is 13.8 Å². The van der Waals surface area contributed by atoms with Gasteiger partial charge in [0, 0.05) is 37.1 Å². The van der Waals surface area contributed by atoms with Gasteiger partial charge in [0.05, 0.1) is 5.69 Å². The SMILES string of the molecule is CCNC(Cc1ccn(C(C)CC)n1)c1ccncc1. The van der Waals surface area contributed by atoms with Crippen LogP contribution in [0.25, 0.3) is 0 Å². The van der Waals surface area contributed by atoms with E-state index in [9.17, 15) is 0 Å². The van der Waals surface area contributed by atoms with Crippen molar-refractivity contribution in [2.45, 2.75) is 45.7 Å². The minimum atomic E-state index is 0.295. The van der Waals surface area contributed by atoms with E-state index in [-0.39, 0.29) is 0 Å². The zero-order valence-corrected chi connectivity index (χ0v) is 12.6. The van der Waals surface area contributed by atoms with Crippen LogP contribution in [-0.4, -0.2) is 21.3 Å². The maximum absolute atomic E-state index is 4.69. The van der Waals surface area contributed by atoms with Crippen molar-refractivity contribution in [2.75, 3.05) is 6.54 Å². The van der Waals surface area contributed by atoms with Gasteiger partial charge in [-0.3, -0.25) is 9.67 Å². The molecule has 108 valence electrons. The molecule has 0 aliphatic carbocycles. The van der Waals surface area contributed by atoms with E-state index in [1.165, 1.54) is 5.56 Å². The van der Waals surface area contributed by atoms with E-state index in [0.717, 1.165) is 25.1 Å². The number of likely N-dealkylation sites (N-methyl/N-ethyl adjacent to an activating group) is 1. The summed E-state index contributed by atoms with van der Waals surface area (Å²) in [5.74, 6) is 0. The van der Waals surface area contributed by atoms with Crippen LogP contribution in [0.4, 0.5) is 0 Å². The van der Waals surface area contributed by atoms with Gasteiger partial charge in [0.1, 0.15) is 0 Å². The maximum atomic E-state index is 4.69. The van der Waals surface area contributed by atoms with Crippen LogP contribution in [0.5, 0.6) is 0 Å². The van der Waals surface area contributed by atoms with Crippen LogP contribution in [-0.2, 0) is 6.42 Å². The molecule has 0 saturated carbocycles. The molecule has 2 heterocycles. The Morgan fingerprint density at radius 3 is 2.60 bits per heavy atom. The van der Waals surface area contributed by atoms with Gasteiger partial charge < -0.3 is 5.32 Å². The standard InChI is InChI=1S/C16H24N4/c1-4-13(3)20-11-8-15(19-20)12-16(18-5-2)14-6-9-17-10-7-14/h6-11,13,16,18H,4-5,12H2,1-3H3. The van der Waals surface area contributed by atoms with E-state index in [1.807, 2.05) is 12.4 Å². The molecule has 20 heavy (non-hydrogen) atoms. The fourth-order valence-corrected chi connectivity index (χ4v) is 2.28. The maximum Gasteiger partial charge on any atom is 0.0643 e. The molecule has 2 aromatic rings. The topological polar surface area (TPSA) is 42.7 Å². The Balaban J connectivity index is 2.10. The summed E-state index contributed by atoms with van der Waals surface area (Å²) < 4.78 is 2.06. The molecule has 0 saturated heterocycles. The van der Waals surface area contributed by atoms with Crippen LogP contribution in [0, 0.1) is 0 Å². The predicted molar refractivity (Wildman–Crippen MR) is 81.6 cm³/mol. The van der Waals surface area contributed by atoms with Gasteiger partial charge in [-0.2, -0.15) is 5.10 Å². The minimum Gasteiger partial charge on any atom is -0.310 e. The molecule has 2 rings (SSSR count). The number of aromatic nitrogens is 3. The first-order valence-electron chi connectivity index (χ1n) is 7.41. The second-order valence-electron chi connectivity index (χ2n) is 5.14. The van der Waals surface area contributed by atoms with Crippen molar-refractivity contribution >= 4 is 0 Å². The zero-order valence-electron chi connectivity index (χ0n) is 12.6. The fourth-order valence-electron chi connectivity index (χ4n) is 2.28. The zero-order chi connectivity index (χ0) is 14.4. The minimum absolute atomic E-state index is 0.295. The molecule has 2 atom stereocenters. The van der Waals surface area contributed by atoms with Crippen molar-refractivity contribution in [2.24, 2.45) is 0 Å². The average Bonchev–Trinajstić information content (AvgIpc) is 2.95. The smallest absolute Gasteiger partial charge is 0.0643 e. The molecule has 2 aromatic heterocycles. The molecule has 4 nitrogen and oxygen atoms in total. The number of hydrogen-bond acceptors (Lipinski definition) is 3. The molecule has 2 unspecified atom stereocenters. The summed E-state index contributed by atoms with van der Waals surface area (Å²) in [5.41, 5.74) is 2.40. The predicted octanol–water partition coefficient (Wildman–Crippen LogP) is 3.14. The summed E-state index contributed by atoms with van der Waals surface area (Å²) in [4.78, 5) is 4.09. The lowest BCUT2D eigenvalue weighted by molar-refractivity contribution is 0.467. The Bertz CT molecular complexity index is 506. The highest BCUT2D eigenvalue weighted by atomic mass is 15.3. The van der Waals surface area contributed by atoms with Crippen molar-refractivity contribution in [1.29, 1.82) is 0 Å². The average molecular weight is 272 g/mol. The second kappa shape index (κ2) is 7.20. The number of nitrogens with one attached hydrogen (secondary N) is 1. The van der Waals surface area contributed by atoms with Gasteiger partial charge >= 0.3 is 0 Å². The summed E-state index contributed by atoms with van der Waals surface area (Å²) in [6.07, 6.45) is 7.78. The Hall–Kier alpha value is -1.68. The van der Waals surface area contributed by atoms with Crippen molar-refractivity contribution in [3.63, 3.8) is 0 Å². The normalized spacial score (nSPS) is 14.2. The molecule has 0 fully saturated rings. The highest BCUT2D eigenvalue weighted by Gasteiger charge is 2.13. The summed E-state index contributed by atoms with van der Waals surface area (Å²) in [6.45, 7) is 7.46. The number of nitrogens with zero attached hydrogens (tertiary/aromatic N) is 3. The molecule has 0 bridgehead atoms. The first-order valence-corrected chi connectivity index (χ1v) is 7.41. The van der Waals surface area contributed by atoms with Gasteiger partial charge in [-0.05, 0) is 43.7 Å². The molecule has 1 N–H and O–H groups in total. The summed E-state index contributed by atoms with van der Waals surface area (Å²) >= 11 is 0. The van der Waals surface area contributed by atoms with Crippen LogP contribution in [0.15, 0.2) is 36.8 Å². The monoisotopic (exact) mass is 272 g/mol. The molecular weight excluding hydrogens is 248 g/mol. The van der Waals surface area contributed by atoms with E-state index >= 15 is 0 Å². The third-order valence-corrected chi connectivity index (χ3v) is 3.68. The van der Waals surface area contributed by atoms with Crippen LogP contribution in [0.3, 0.4) is 0 Å². The Morgan fingerprint density at radius 2 is 1.95 bits per heavy atom. The van der Waals surface area contributed by atoms with Crippen molar-refractivity contribution < 1.29 is 0 Å². The van der Waals surface area contributed by atoms with E-state index in [1.54, 1.807) is 0 Å². The van der Waals surface area contributed by atoms with E-state index in [0.29, 0.717) is 12.1 Å². The number of rotatable bonds is 7. The van der Waals surface area contributed by atoms with Crippen molar-refractivity contribution in [3.8, 4) is 0 Å². The Kier molecular flexibility index (Phi) is 5.30. The number of pyridine rings is 1. The molecule has 0 aliphatic heterocycles. The summed E-state index contributed by atoms with van der Waals surface area (Å²) in [5, 5.41) is 8.21. The summed E-state index contributed by atoms with van der Waals surface area (Å²) in [7, 11) is 0. The van der Waals surface area contributed by atoms with Crippen molar-refractivity contribution in [3.05, 3.63) is 48.0 Å². The molecule has 0 spiro atoms. The highest BCUT2D eigenvalue weighted by Crippen LogP contribution is 2.18. The van der Waals surface area contributed by atoms with Gasteiger partial charge in [-0.15, -0.1) is 0 Å². The molecule has 0 amide bonds. The third kappa shape index (κ3) is 3.67. The van der Waals surface area contributed by atoms with E-state index < -0.39 is 0 Å². The molecule has 0 aromatic carbocycles. The van der Waals surface area contributed by atoms with E-state index in [2.05, 4.69) is 65.2 Å². The first-order chi connectivity index (χ1) is 9.74. The first kappa shape index (κ1) is 14.7. The lowest BCUT2D eigenvalue weighted by Gasteiger charge is -2.17. The van der Waals surface area contributed by atoms with Crippen LogP contribution < -0.4 is 5.32 Å². The Labute approximate surface area is 121 Å². The van der Waals surface area contributed by atoms with Crippen LogP contribution in [0.2, 0.25) is 0 Å². The quantitative estimate of drug-likeness (QED) is 0.842. The molecular formula is C16H24N4. The van der Waals surface area contributed by atoms with Crippen molar-refractivity contribution in [1.82, 2.24) is 20.1 Å².